The van der Waals surface area contributed by atoms with E-state index in [0.717, 1.165) is 31.5 Å². The van der Waals surface area contributed by atoms with Crippen LogP contribution < -0.4 is 4.72 Å². The Morgan fingerprint density at radius 3 is 2.79 bits per heavy atom. The molecule has 1 aromatic heterocycles. The molecular formula is C13H23N3O2S. The molecule has 1 aromatic rings. The van der Waals surface area contributed by atoms with Gasteiger partial charge in [0.15, 0.2) is 0 Å². The normalized spacial score (nSPS) is 17.7. The second kappa shape index (κ2) is 7.05. The number of nitrogens with one attached hydrogen (secondary N) is 2. The van der Waals surface area contributed by atoms with E-state index in [9.17, 15) is 8.42 Å². The molecule has 1 aliphatic rings. The first kappa shape index (κ1) is 14.5. The number of aromatic nitrogens is 2. The van der Waals surface area contributed by atoms with Gasteiger partial charge in [-0.3, -0.25) is 0 Å². The molecule has 0 atom stereocenters. The maximum atomic E-state index is 11.9. The van der Waals surface area contributed by atoms with E-state index in [1.54, 1.807) is 12.4 Å². The zero-order valence-electron chi connectivity index (χ0n) is 11.3. The summed E-state index contributed by atoms with van der Waals surface area (Å²) < 4.78 is 26.6. The molecule has 0 bridgehead atoms. The van der Waals surface area contributed by atoms with Gasteiger partial charge in [0.25, 0.3) is 0 Å². The average molecular weight is 285 g/mol. The van der Waals surface area contributed by atoms with Crippen molar-refractivity contribution in [3.8, 4) is 0 Å². The fraction of sp³-hybridized carbons (Fsp3) is 0.769. The third-order valence-electron chi connectivity index (χ3n) is 3.65. The van der Waals surface area contributed by atoms with Crippen LogP contribution in [0.2, 0.25) is 0 Å². The Labute approximate surface area is 115 Å². The fourth-order valence-electron chi connectivity index (χ4n) is 2.64. The molecule has 0 saturated heterocycles. The van der Waals surface area contributed by atoms with Crippen LogP contribution in [0.1, 0.15) is 44.3 Å². The quantitative estimate of drug-likeness (QED) is 0.751. The summed E-state index contributed by atoms with van der Waals surface area (Å²) in [6, 6.07) is 0. The first-order chi connectivity index (χ1) is 9.16. The van der Waals surface area contributed by atoms with Crippen molar-refractivity contribution in [1.29, 1.82) is 0 Å². The fourth-order valence-corrected chi connectivity index (χ4v) is 4.17. The predicted octanol–water partition coefficient (Wildman–Crippen LogP) is 1.84. The summed E-state index contributed by atoms with van der Waals surface area (Å²) in [5.41, 5.74) is 0. The number of H-pyrrole nitrogens is 1. The lowest BCUT2D eigenvalue weighted by Gasteiger charge is -2.21. The van der Waals surface area contributed by atoms with Gasteiger partial charge in [0.05, 0.1) is 5.75 Å². The van der Waals surface area contributed by atoms with Crippen molar-refractivity contribution in [1.82, 2.24) is 14.7 Å². The summed E-state index contributed by atoms with van der Waals surface area (Å²) in [4.78, 5) is 7.12. The molecule has 2 N–H and O–H groups in total. The van der Waals surface area contributed by atoms with Crippen LogP contribution in [0.5, 0.6) is 0 Å². The summed E-state index contributed by atoms with van der Waals surface area (Å²) in [6.07, 6.45) is 10.8. The van der Waals surface area contributed by atoms with E-state index in [1.807, 2.05) is 0 Å². The molecule has 1 heterocycles. The Kier molecular flexibility index (Phi) is 5.39. The lowest BCUT2D eigenvalue weighted by atomic mass is 9.91. The lowest BCUT2D eigenvalue weighted by Crippen LogP contribution is -2.31. The molecule has 19 heavy (non-hydrogen) atoms. The largest absolute Gasteiger partial charge is 0.349 e. The Bertz CT molecular complexity index is 450. The Morgan fingerprint density at radius 2 is 2.11 bits per heavy atom. The van der Waals surface area contributed by atoms with Crippen LogP contribution in [0.3, 0.4) is 0 Å². The van der Waals surface area contributed by atoms with Crippen LogP contribution in [0.15, 0.2) is 12.4 Å². The summed E-state index contributed by atoms with van der Waals surface area (Å²) in [5, 5.41) is 0. The van der Waals surface area contributed by atoms with Crippen LogP contribution in [-0.2, 0) is 16.4 Å². The minimum atomic E-state index is -3.10. The van der Waals surface area contributed by atoms with Crippen LogP contribution in [0.25, 0.3) is 0 Å². The van der Waals surface area contributed by atoms with Gasteiger partial charge in [0.1, 0.15) is 5.82 Å². The number of aromatic amines is 1. The highest BCUT2D eigenvalue weighted by atomic mass is 32.2. The smallest absolute Gasteiger partial charge is 0.211 e. The number of nitrogens with zero attached hydrogens (tertiary/aromatic N) is 1. The molecular weight excluding hydrogens is 262 g/mol. The van der Waals surface area contributed by atoms with Gasteiger partial charge in [-0.15, -0.1) is 0 Å². The lowest BCUT2D eigenvalue weighted by molar-refractivity contribution is 0.384. The van der Waals surface area contributed by atoms with Crippen LogP contribution in [-0.4, -0.2) is 30.7 Å². The SMILES string of the molecule is O=S(=O)(CC1CCCCC1)NCCCc1ncc[nH]1. The van der Waals surface area contributed by atoms with Gasteiger partial charge >= 0.3 is 0 Å². The summed E-state index contributed by atoms with van der Waals surface area (Å²) in [7, 11) is -3.10. The minimum absolute atomic E-state index is 0.299. The maximum Gasteiger partial charge on any atom is 0.211 e. The van der Waals surface area contributed by atoms with Gasteiger partial charge in [-0.05, 0) is 25.2 Å². The highest BCUT2D eigenvalue weighted by Gasteiger charge is 2.20. The minimum Gasteiger partial charge on any atom is -0.349 e. The van der Waals surface area contributed by atoms with Crippen LogP contribution in [0.4, 0.5) is 0 Å². The average Bonchev–Trinajstić information content (AvgIpc) is 2.88. The molecule has 108 valence electrons. The van der Waals surface area contributed by atoms with Crippen molar-refractivity contribution in [3.63, 3.8) is 0 Å². The highest BCUT2D eigenvalue weighted by molar-refractivity contribution is 7.89. The number of aryl methyl sites for hydroxylation is 1. The van der Waals surface area contributed by atoms with Gasteiger partial charge in [-0.25, -0.2) is 18.1 Å². The van der Waals surface area contributed by atoms with Crippen molar-refractivity contribution >= 4 is 10.0 Å². The third-order valence-corrected chi connectivity index (χ3v) is 5.20. The second-order valence-electron chi connectivity index (χ2n) is 5.32. The highest BCUT2D eigenvalue weighted by Crippen LogP contribution is 2.24. The van der Waals surface area contributed by atoms with Gasteiger partial charge in [-0.1, -0.05) is 19.3 Å². The van der Waals surface area contributed by atoms with E-state index in [4.69, 9.17) is 0 Å². The molecule has 1 aliphatic carbocycles. The third kappa shape index (κ3) is 5.32. The number of imidazole rings is 1. The first-order valence-corrected chi connectivity index (χ1v) is 8.76. The van der Waals surface area contributed by atoms with E-state index in [1.165, 1.54) is 19.3 Å². The Balaban J connectivity index is 1.65. The molecule has 0 aromatic carbocycles. The van der Waals surface area contributed by atoms with Crippen molar-refractivity contribution in [2.75, 3.05) is 12.3 Å². The summed E-state index contributed by atoms with van der Waals surface area (Å²) in [6.45, 7) is 0.496. The molecule has 5 nitrogen and oxygen atoms in total. The van der Waals surface area contributed by atoms with E-state index < -0.39 is 10.0 Å². The van der Waals surface area contributed by atoms with Crippen molar-refractivity contribution in [3.05, 3.63) is 18.2 Å². The zero-order chi connectivity index (χ0) is 13.6. The monoisotopic (exact) mass is 285 g/mol. The van der Waals surface area contributed by atoms with E-state index in [2.05, 4.69) is 14.7 Å². The molecule has 0 spiro atoms. The predicted molar refractivity (Wildman–Crippen MR) is 75.3 cm³/mol. The van der Waals surface area contributed by atoms with Crippen LogP contribution in [0, 0.1) is 5.92 Å². The van der Waals surface area contributed by atoms with E-state index in [0.29, 0.717) is 18.2 Å². The van der Waals surface area contributed by atoms with Crippen molar-refractivity contribution in [2.24, 2.45) is 5.92 Å². The van der Waals surface area contributed by atoms with Crippen LogP contribution >= 0.6 is 0 Å². The van der Waals surface area contributed by atoms with Crippen molar-refractivity contribution in [2.45, 2.75) is 44.9 Å². The van der Waals surface area contributed by atoms with Gasteiger partial charge in [-0.2, -0.15) is 0 Å². The standard InChI is InChI=1S/C13H23N3O2S/c17-19(18,11-12-5-2-1-3-6-12)16-8-4-7-13-14-9-10-15-13/h9-10,12,16H,1-8,11H2,(H,14,15). The molecule has 0 radical (unpaired) electrons. The zero-order valence-corrected chi connectivity index (χ0v) is 12.1. The first-order valence-electron chi connectivity index (χ1n) is 7.11. The number of hydrogen-bond acceptors (Lipinski definition) is 3. The summed E-state index contributed by atoms with van der Waals surface area (Å²) >= 11 is 0. The van der Waals surface area contributed by atoms with Gasteiger partial charge in [0.2, 0.25) is 10.0 Å². The molecule has 1 fully saturated rings. The molecule has 0 unspecified atom stereocenters. The van der Waals surface area contributed by atoms with Crippen molar-refractivity contribution < 1.29 is 8.42 Å². The Hall–Kier alpha value is -0.880. The maximum absolute atomic E-state index is 11.9. The number of sulfonamides is 1. The van der Waals surface area contributed by atoms with Gasteiger partial charge in [0, 0.05) is 25.4 Å². The number of hydrogen-bond donors (Lipinski definition) is 2. The summed E-state index contributed by atoms with van der Waals surface area (Å²) in [5.74, 6) is 1.57. The van der Waals surface area contributed by atoms with E-state index >= 15 is 0 Å². The molecule has 1 saturated carbocycles. The number of rotatable bonds is 7. The molecule has 2 rings (SSSR count). The molecule has 0 aliphatic heterocycles. The second-order valence-corrected chi connectivity index (χ2v) is 7.17. The topological polar surface area (TPSA) is 74.8 Å². The van der Waals surface area contributed by atoms with Gasteiger partial charge < -0.3 is 4.98 Å². The molecule has 0 amide bonds. The van der Waals surface area contributed by atoms with E-state index in [-0.39, 0.29) is 0 Å². The molecule has 6 heteroatoms. The Morgan fingerprint density at radius 1 is 1.32 bits per heavy atom.